The molecule has 1 N–H and O–H groups in total. The molecule has 0 saturated heterocycles. The molecular formula is C23H22N4O2. The Morgan fingerprint density at radius 2 is 1.86 bits per heavy atom. The molecule has 0 spiro atoms. The van der Waals surface area contributed by atoms with Crippen LogP contribution in [0.4, 0.5) is 0 Å². The summed E-state index contributed by atoms with van der Waals surface area (Å²) in [6.45, 7) is 3.17. The molecule has 1 aromatic heterocycles. The predicted molar refractivity (Wildman–Crippen MR) is 112 cm³/mol. The number of methoxy groups -OCH3 is 1. The molecule has 0 aliphatic carbocycles. The number of nitrogens with zero attached hydrogens (tertiary/aromatic N) is 3. The van der Waals surface area contributed by atoms with Crippen molar-refractivity contribution in [1.82, 2.24) is 20.3 Å². The number of carbonyl (C=O) groups is 1. The Hall–Kier alpha value is -3.67. The van der Waals surface area contributed by atoms with E-state index in [1.165, 1.54) is 11.1 Å². The number of amides is 1. The highest BCUT2D eigenvalue weighted by Crippen LogP contribution is 2.17. The normalized spacial score (nSPS) is 10.8. The molecule has 6 nitrogen and oxygen atoms in total. The summed E-state index contributed by atoms with van der Waals surface area (Å²) < 4.78 is 7.01. The summed E-state index contributed by atoms with van der Waals surface area (Å²) in [5, 5.41) is 11.4. The molecule has 0 fully saturated rings. The second kappa shape index (κ2) is 8.14. The Bertz CT molecular complexity index is 1150. The fourth-order valence-electron chi connectivity index (χ4n) is 3.21. The molecule has 6 heteroatoms. The summed E-state index contributed by atoms with van der Waals surface area (Å²) in [6, 6.07) is 21.3. The first-order chi connectivity index (χ1) is 14.1. The van der Waals surface area contributed by atoms with Gasteiger partial charge in [0.25, 0.3) is 5.91 Å². The van der Waals surface area contributed by atoms with E-state index in [9.17, 15) is 4.79 Å². The maximum absolute atomic E-state index is 12.5. The van der Waals surface area contributed by atoms with Crippen LogP contribution < -0.4 is 10.1 Å². The predicted octanol–water partition coefficient (Wildman–Crippen LogP) is 3.73. The zero-order valence-corrected chi connectivity index (χ0v) is 16.4. The summed E-state index contributed by atoms with van der Waals surface area (Å²) >= 11 is 0. The molecule has 0 bridgehead atoms. The molecule has 0 atom stereocenters. The van der Waals surface area contributed by atoms with Gasteiger partial charge in [-0.05, 0) is 53.9 Å². The Kier molecular flexibility index (Phi) is 5.24. The summed E-state index contributed by atoms with van der Waals surface area (Å²) in [6.07, 6.45) is 0. The van der Waals surface area contributed by atoms with E-state index in [2.05, 4.69) is 34.7 Å². The highest BCUT2D eigenvalue weighted by molar-refractivity contribution is 5.97. The first-order valence-electron chi connectivity index (χ1n) is 9.43. The number of aromatic nitrogens is 3. The quantitative estimate of drug-likeness (QED) is 0.548. The third-order valence-electron chi connectivity index (χ3n) is 4.97. The molecule has 0 aliphatic rings. The van der Waals surface area contributed by atoms with Crippen molar-refractivity contribution in [2.75, 3.05) is 7.11 Å². The van der Waals surface area contributed by atoms with Crippen molar-refractivity contribution < 1.29 is 9.53 Å². The molecule has 146 valence electrons. The van der Waals surface area contributed by atoms with Gasteiger partial charge in [-0.25, -0.2) is 4.68 Å². The van der Waals surface area contributed by atoms with E-state index in [-0.39, 0.29) is 5.91 Å². The fraction of sp³-hybridized carbons (Fsp3) is 0.174. The smallest absolute Gasteiger partial charge is 0.251 e. The monoisotopic (exact) mass is 386 g/mol. The number of ether oxygens (including phenoxy) is 1. The van der Waals surface area contributed by atoms with E-state index in [1.54, 1.807) is 13.2 Å². The minimum absolute atomic E-state index is 0.142. The highest BCUT2D eigenvalue weighted by Gasteiger charge is 2.11. The third kappa shape index (κ3) is 4.11. The zero-order valence-electron chi connectivity index (χ0n) is 16.4. The standard InChI is InChI=1S/C23H22N4O2/c1-16-5-3-4-6-19(16)15-27-22-12-9-18(13-21(22)25-26-27)23(28)24-14-17-7-10-20(29-2)11-8-17/h3-13H,14-15H2,1-2H3,(H,24,28). The molecule has 4 aromatic rings. The van der Waals surface area contributed by atoms with Crippen molar-refractivity contribution in [3.05, 3.63) is 89.0 Å². The molecule has 0 saturated carbocycles. The maximum atomic E-state index is 12.5. The van der Waals surface area contributed by atoms with Gasteiger partial charge in [-0.3, -0.25) is 4.79 Å². The minimum Gasteiger partial charge on any atom is -0.497 e. The Morgan fingerprint density at radius 3 is 2.62 bits per heavy atom. The van der Waals surface area contributed by atoms with Crippen LogP contribution in [0.25, 0.3) is 11.0 Å². The number of nitrogens with one attached hydrogen (secondary N) is 1. The number of fused-ring (bicyclic) bond motifs is 1. The first kappa shape index (κ1) is 18.7. The fourth-order valence-corrected chi connectivity index (χ4v) is 3.21. The number of benzene rings is 3. The van der Waals surface area contributed by atoms with Crippen LogP contribution in [0.2, 0.25) is 0 Å². The lowest BCUT2D eigenvalue weighted by Gasteiger charge is -2.07. The van der Waals surface area contributed by atoms with E-state index >= 15 is 0 Å². The molecule has 1 amide bonds. The molecule has 1 heterocycles. The average Bonchev–Trinajstić information content (AvgIpc) is 3.16. The number of carbonyl (C=O) groups excluding carboxylic acids is 1. The van der Waals surface area contributed by atoms with Gasteiger partial charge in [0, 0.05) is 12.1 Å². The van der Waals surface area contributed by atoms with Crippen LogP contribution in [-0.4, -0.2) is 28.0 Å². The van der Waals surface area contributed by atoms with Crippen LogP contribution >= 0.6 is 0 Å². The van der Waals surface area contributed by atoms with Crippen molar-refractivity contribution in [2.24, 2.45) is 0 Å². The highest BCUT2D eigenvalue weighted by atomic mass is 16.5. The van der Waals surface area contributed by atoms with Crippen LogP contribution in [0.1, 0.15) is 27.0 Å². The maximum Gasteiger partial charge on any atom is 0.251 e. The van der Waals surface area contributed by atoms with Crippen molar-refractivity contribution in [3.8, 4) is 5.75 Å². The van der Waals surface area contributed by atoms with Crippen molar-refractivity contribution >= 4 is 16.9 Å². The van der Waals surface area contributed by atoms with Crippen LogP contribution in [0.15, 0.2) is 66.7 Å². The van der Waals surface area contributed by atoms with Crippen LogP contribution in [0.3, 0.4) is 0 Å². The van der Waals surface area contributed by atoms with Crippen LogP contribution in [0.5, 0.6) is 5.75 Å². The van der Waals surface area contributed by atoms with Crippen molar-refractivity contribution in [2.45, 2.75) is 20.0 Å². The van der Waals surface area contributed by atoms with Gasteiger partial charge in [0.1, 0.15) is 11.3 Å². The van der Waals surface area contributed by atoms with Gasteiger partial charge in [0.15, 0.2) is 0 Å². The molecule has 0 radical (unpaired) electrons. The number of aryl methyl sites for hydroxylation is 1. The minimum atomic E-state index is -0.142. The van der Waals surface area contributed by atoms with Gasteiger partial charge in [0.2, 0.25) is 0 Å². The van der Waals surface area contributed by atoms with Gasteiger partial charge in [-0.1, -0.05) is 41.6 Å². The topological polar surface area (TPSA) is 69.0 Å². The van der Waals surface area contributed by atoms with E-state index in [4.69, 9.17) is 4.74 Å². The molecular weight excluding hydrogens is 364 g/mol. The molecule has 0 aliphatic heterocycles. The van der Waals surface area contributed by atoms with Gasteiger partial charge in [-0.15, -0.1) is 5.10 Å². The Labute approximate surface area is 169 Å². The molecule has 3 aromatic carbocycles. The summed E-state index contributed by atoms with van der Waals surface area (Å²) in [7, 11) is 1.63. The van der Waals surface area contributed by atoms with Gasteiger partial charge >= 0.3 is 0 Å². The second-order valence-corrected chi connectivity index (χ2v) is 6.91. The van der Waals surface area contributed by atoms with Gasteiger partial charge in [0.05, 0.1) is 19.2 Å². The third-order valence-corrected chi connectivity index (χ3v) is 4.97. The van der Waals surface area contributed by atoms with E-state index in [0.717, 1.165) is 16.8 Å². The van der Waals surface area contributed by atoms with Gasteiger partial charge < -0.3 is 10.1 Å². The lowest BCUT2D eigenvalue weighted by atomic mass is 10.1. The van der Waals surface area contributed by atoms with Crippen LogP contribution in [0, 0.1) is 6.92 Å². The number of hydrogen-bond acceptors (Lipinski definition) is 4. The largest absolute Gasteiger partial charge is 0.497 e. The Balaban J connectivity index is 1.47. The summed E-state index contributed by atoms with van der Waals surface area (Å²) in [5.41, 5.74) is 5.58. The van der Waals surface area contributed by atoms with E-state index in [1.807, 2.05) is 53.2 Å². The molecule has 0 unspecified atom stereocenters. The zero-order chi connectivity index (χ0) is 20.2. The second-order valence-electron chi connectivity index (χ2n) is 6.91. The molecule has 4 rings (SSSR count). The molecule has 29 heavy (non-hydrogen) atoms. The Morgan fingerprint density at radius 1 is 1.07 bits per heavy atom. The first-order valence-corrected chi connectivity index (χ1v) is 9.43. The van der Waals surface area contributed by atoms with Gasteiger partial charge in [-0.2, -0.15) is 0 Å². The number of rotatable bonds is 6. The summed E-state index contributed by atoms with van der Waals surface area (Å²) in [4.78, 5) is 12.5. The number of hydrogen-bond donors (Lipinski definition) is 1. The van der Waals surface area contributed by atoms with Crippen molar-refractivity contribution in [1.29, 1.82) is 0 Å². The van der Waals surface area contributed by atoms with E-state index in [0.29, 0.717) is 24.2 Å². The SMILES string of the molecule is COc1ccc(CNC(=O)c2ccc3c(c2)nnn3Cc2ccccc2C)cc1. The average molecular weight is 386 g/mol. The van der Waals surface area contributed by atoms with Crippen LogP contribution in [-0.2, 0) is 13.1 Å². The van der Waals surface area contributed by atoms with E-state index < -0.39 is 0 Å². The summed E-state index contributed by atoms with van der Waals surface area (Å²) in [5.74, 6) is 0.649. The lowest BCUT2D eigenvalue weighted by Crippen LogP contribution is -2.22. The lowest BCUT2D eigenvalue weighted by molar-refractivity contribution is 0.0951. The van der Waals surface area contributed by atoms with Crippen molar-refractivity contribution in [3.63, 3.8) is 0 Å².